The smallest absolute Gasteiger partial charge is 0.308 e. The lowest BCUT2D eigenvalue weighted by atomic mass is 9.82. The third-order valence-corrected chi connectivity index (χ3v) is 5.17. The van der Waals surface area contributed by atoms with E-state index in [0.717, 1.165) is 38.5 Å². The molecule has 0 aromatic carbocycles. The highest BCUT2D eigenvalue weighted by molar-refractivity contribution is 5.75. The van der Waals surface area contributed by atoms with Gasteiger partial charge in [-0.2, -0.15) is 0 Å². The summed E-state index contributed by atoms with van der Waals surface area (Å²) in [6, 6.07) is 0. The van der Waals surface area contributed by atoms with Crippen LogP contribution >= 0.6 is 0 Å². The molecule has 25 heavy (non-hydrogen) atoms. The standard InChI is InChI=1S/C21H38O4/c1-3-5-6-7-8-9-10-11-12-17-25-21(23)19-15-13-18(14-16-19)20(22)24-4-2/h18-19H,3-17H2,1-2H3. The van der Waals surface area contributed by atoms with E-state index in [0.29, 0.717) is 13.2 Å². The van der Waals surface area contributed by atoms with E-state index in [2.05, 4.69) is 6.92 Å². The quantitative estimate of drug-likeness (QED) is 0.327. The molecule has 0 aromatic rings. The molecule has 0 aliphatic heterocycles. The molecule has 0 amide bonds. The molecule has 4 nitrogen and oxygen atoms in total. The van der Waals surface area contributed by atoms with Gasteiger partial charge >= 0.3 is 11.9 Å². The molecular formula is C21H38O4. The molecule has 146 valence electrons. The Morgan fingerprint density at radius 2 is 1.12 bits per heavy atom. The molecule has 1 aliphatic carbocycles. The first-order valence-electron chi connectivity index (χ1n) is 10.5. The van der Waals surface area contributed by atoms with Gasteiger partial charge in [0.2, 0.25) is 0 Å². The maximum absolute atomic E-state index is 12.1. The Kier molecular flexibility index (Phi) is 12.4. The SMILES string of the molecule is CCCCCCCCCCCOC(=O)C1CCC(C(=O)OCC)CC1. The largest absolute Gasteiger partial charge is 0.466 e. The molecule has 1 aliphatic rings. The first kappa shape index (κ1) is 22.0. The Labute approximate surface area is 154 Å². The molecule has 0 saturated heterocycles. The Bertz CT molecular complexity index is 359. The van der Waals surface area contributed by atoms with Crippen molar-refractivity contribution < 1.29 is 19.1 Å². The van der Waals surface area contributed by atoms with E-state index in [1.54, 1.807) is 0 Å². The van der Waals surface area contributed by atoms with Gasteiger partial charge < -0.3 is 9.47 Å². The van der Waals surface area contributed by atoms with Crippen LogP contribution in [0.15, 0.2) is 0 Å². The van der Waals surface area contributed by atoms with Crippen molar-refractivity contribution in [3.05, 3.63) is 0 Å². The van der Waals surface area contributed by atoms with Crippen LogP contribution in [0.2, 0.25) is 0 Å². The molecule has 0 bridgehead atoms. The molecule has 4 heteroatoms. The number of rotatable bonds is 13. The van der Waals surface area contributed by atoms with Crippen molar-refractivity contribution in [3.63, 3.8) is 0 Å². The van der Waals surface area contributed by atoms with Gasteiger partial charge in [0, 0.05) is 0 Å². The number of unbranched alkanes of at least 4 members (excludes halogenated alkanes) is 8. The van der Waals surface area contributed by atoms with Crippen LogP contribution in [0.4, 0.5) is 0 Å². The fraction of sp³-hybridized carbons (Fsp3) is 0.905. The Balaban J connectivity index is 1.98. The average molecular weight is 355 g/mol. The summed E-state index contributed by atoms with van der Waals surface area (Å²) in [4.78, 5) is 23.8. The predicted molar refractivity (Wildman–Crippen MR) is 100 cm³/mol. The van der Waals surface area contributed by atoms with Gasteiger partial charge in [-0.3, -0.25) is 9.59 Å². The molecule has 1 fully saturated rings. The Morgan fingerprint density at radius 3 is 1.60 bits per heavy atom. The number of hydrogen-bond donors (Lipinski definition) is 0. The monoisotopic (exact) mass is 354 g/mol. The Morgan fingerprint density at radius 1 is 0.680 bits per heavy atom. The van der Waals surface area contributed by atoms with E-state index < -0.39 is 0 Å². The van der Waals surface area contributed by atoms with Gasteiger partial charge in [-0.1, -0.05) is 58.3 Å². The van der Waals surface area contributed by atoms with Crippen LogP contribution in [0, 0.1) is 11.8 Å². The van der Waals surface area contributed by atoms with Crippen LogP contribution in [0.25, 0.3) is 0 Å². The lowest BCUT2D eigenvalue weighted by Gasteiger charge is -2.25. The molecule has 1 saturated carbocycles. The fourth-order valence-electron chi connectivity index (χ4n) is 3.53. The van der Waals surface area contributed by atoms with Gasteiger partial charge in [0.05, 0.1) is 25.0 Å². The predicted octanol–water partition coefficient (Wildman–Crippen LogP) is 5.43. The van der Waals surface area contributed by atoms with Gasteiger partial charge in [-0.25, -0.2) is 0 Å². The van der Waals surface area contributed by atoms with Crippen LogP contribution in [0.3, 0.4) is 0 Å². The van der Waals surface area contributed by atoms with Crippen LogP contribution in [-0.2, 0) is 19.1 Å². The highest BCUT2D eigenvalue weighted by Crippen LogP contribution is 2.30. The second kappa shape index (κ2) is 14.1. The average Bonchev–Trinajstić information content (AvgIpc) is 2.63. The van der Waals surface area contributed by atoms with E-state index in [4.69, 9.17) is 9.47 Å². The van der Waals surface area contributed by atoms with E-state index in [-0.39, 0.29) is 23.8 Å². The molecule has 1 rings (SSSR count). The highest BCUT2D eigenvalue weighted by atomic mass is 16.5. The van der Waals surface area contributed by atoms with Crippen molar-refractivity contribution in [1.82, 2.24) is 0 Å². The zero-order valence-corrected chi connectivity index (χ0v) is 16.4. The second-order valence-electron chi connectivity index (χ2n) is 7.30. The molecule has 0 aromatic heterocycles. The van der Waals surface area contributed by atoms with Gasteiger partial charge in [0.15, 0.2) is 0 Å². The maximum Gasteiger partial charge on any atom is 0.308 e. The summed E-state index contributed by atoms with van der Waals surface area (Å²) in [5.41, 5.74) is 0. The number of hydrogen-bond acceptors (Lipinski definition) is 4. The Hall–Kier alpha value is -1.06. The topological polar surface area (TPSA) is 52.6 Å². The van der Waals surface area contributed by atoms with Gasteiger partial charge in [-0.15, -0.1) is 0 Å². The zero-order chi connectivity index (χ0) is 18.3. The number of ether oxygens (including phenoxy) is 2. The van der Waals surface area contributed by atoms with Crippen LogP contribution in [-0.4, -0.2) is 25.2 Å². The first-order valence-corrected chi connectivity index (χ1v) is 10.5. The zero-order valence-electron chi connectivity index (χ0n) is 16.4. The van der Waals surface area contributed by atoms with Crippen LogP contribution < -0.4 is 0 Å². The summed E-state index contributed by atoms with van der Waals surface area (Å²) in [6.45, 7) is 5.05. The van der Waals surface area contributed by atoms with Crippen molar-refractivity contribution in [3.8, 4) is 0 Å². The minimum Gasteiger partial charge on any atom is -0.466 e. The number of esters is 2. The summed E-state index contributed by atoms with van der Waals surface area (Å²) in [7, 11) is 0. The molecule has 0 atom stereocenters. The van der Waals surface area contributed by atoms with Crippen molar-refractivity contribution in [2.24, 2.45) is 11.8 Å². The summed E-state index contributed by atoms with van der Waals surface area (Å²) in [5.74, 6) is -0.226. The summed E-state index contributed by atoms with van der Waals surface area (Å²) < 4.78 is 10.5. The maximum atomic E-state index is 12.1. The molecule has 0 unspecified atom stereocenters. The van der Waals surface area contributed by atoms with Crippen molar-refractivity contribution in [2.75, 3.05) is 13.2 Å². The van der Waals surface area contributed by atoms with Gasteiger partial charge in [0.25, 0.3) is 0 Å². The van der Waals surface area contributed by atoms with Gasteiger partial charge in [-0.05, 0) is 39.0 Å². The van der Waals surface area contributed by atoms with Crippen molar-refractivity contribution in [2.45, 2.75) is 97.3 Å². The van der Waals surface area contributed by atoms with Crippen LogP contribution in [0.5, 0.6) is 0 Å². The molecular weight excluding hydrogens is 316 g/mol. The van der Waals surface area contributed by atoms with E-state index in [9.17, 15) is 9.59 Å². The molecule has 0 N–H and O–H groups in total. The third-order valence-electron chi connectivity index (χ3n) is 5.17. The lowest BCUT2D eigenvalue weighted by molar-refractivity contribution is -0.155. The number of carbonyl (C=O) groups excluding carboxylic acids is 2. The van der Waals surface area contributed by atoms with E-state index in [1.807, 2.05) is 6.92 Å². The third kappa shape index (κ3) is 9.86. The van der Waals surface area contributed by atoms with Crippen molar-refractivity contribution in [1.29, 1.82) is 0 Å². The highest BCUT2D eigenvalue weighted by Gasteiger charge is 2.31. The molecule has 0 heterocycles. The van der Waals surface area contributed by atoms with Crippen LogP contribution in [0.1, 0.15) is 97.3 Å². The normalized spacial score (nSPS) is 20.2. The lowest BCUT2D eigenvalue weighted by Crippen LogP contribution is -2.28. The summed E-state index contributed by atoms with van der Waals surface area (Å²) >= 11 is 0. The van der Waals surface area contributed by atoms with Crippen molar-refractivity contribution >= 4 is 11.9 Å². The first-order chi connectivity index (χ1) is 12.2. The fourth-order valence-corrected chi connectivity index (χ4v) is 3.53. The minimum absolute atomic E-state index is 0.0238. The van der Waals surface area contributed by atoms with E-state index >= 15 is 0 Å². The summed E-state index contributed by atoms with van der Waals surface area (Å²) in [6.07, 6.45) is 14.4. The molecule has 0 spiro atoms. The minimum atomic E-state index is -0.107. The second-order valence-corrected chi connectivity index (χ2v) is 7.30. The summed E-state index contributed by atoms with van der Waals surface area (Å²) in [5, 5.41) is 0. The number of carbonyl (C=O) groups is 2. The van der Waals surface area contributed by atoms with E-state index in [1.165, 1.54) is 44.9 Å². The van der Waals surface area contributed by atoms with Gasteiger partial charge in [0.1, 0.15) is 0 Å². The molecule has 0 radical (unpaired) electrons.